The lowest BCUT2D eigenvalue weighted by molar-refractivity contribution is -0.161. The maximum absolute atomic E-state index is 12.9. The van der Waals surface area contributed by atoms with Crippen LogP contribution >= 0.6 is 7.82 Å². The lowest BCUT2D eigenvalue weighted by Gasteiger charge is -2.21. The Balaban J connectivity index is 4.78. The summed E-state index contributed by atoms with van der Waals surface area (Å²) in [5.41, 5.74) is 0. The van der Waals surface area contributed by atoms with Crippen molar-refractivity contribution >= 4 is 25.7 Å². The third kappa shape index (κ3) is 51.6. The van der Waals surface area contributed by atoms with Crippen LogP contribution in [-0.2, 0) is 42.2 Å². The molecule has 72 heavy (non-hydrogen) atoms. The minimum Gasteiger partial charge on any atom is -0.462 e. The van der Waals surface area contributed by atoms with Crippen molar-refractivity contribution in [3.63, 3.8) is 0 Å². The summed E-state index contributed by atoms with van der Waals surface area (Å²) >= 11 is 0. The summed E-state index contributed by atoms with van der Waals surface area (Å²) in [6, 6.07) is 0. The number of esters is 3. The van der Waals surface area contributed by atoms with Crippen molar-refractivity contribution in [1.82, 2.24) is 0 Å². The zero-order valence-corrected chi connectivity index (χ0v) is 46.5. The van der Waals surface area contributed by atoms with Crippen molar-refractivity contribution in [2.45, 2.75) is 251 Å². The zero-order chi connectivity index (χ0) is 52.7. The lowest BCUT2D eigenvalue weighted by Crippen LogP contribution is -2.30. The predicted octanol–water partition coefficient (Wildman–Crippen LogP) is 16.7. The average Bonchev–Trinajstić information content (AvgIpc) is 3.37. The van der Waals surface area contributed by atoms with Crippen LogP contribution in [0.25, 0.3) is 0 Å². The Morgan fingerprint density at radius 2 is 0.750 bits per heavy atom. The highest BCUT2D eigenvalue weighted by Crippen LogP contribution is 2.43. The first-order chi connectivity index (χ1) is 35.2. The molecule has 11 nitrogen and oxygen atoms in total. The van der Waals surface area contributed by atoms with E-state index in [0.717, 1.165) is 83.5 Å². The third-order valence-corrected chi connectivity index (χ3v) is 12.8. The van der Waals surface area contributed by atoms with Crippen LogP contribution in [0.5, 0.6) is 0 Å². The number of carbonyl (C=O) groups excluding carboxylic acids is 3. The van der Waals surface area contributed by atoms with E-state index in [2.05, 4.69) is 93.7 Å². The number of rotatable bonds is 52. The number of hydrogen-bond donors (Lipinski definition) is 2. The van der Waals surface area contributed by atoms with E-state index in [1.165, 1.54) is 96.3 Å². The summed E-state index contributed by atoms with van der Waals surface area (Å²) in [4.78, 5) is 48.4. The first kappa shape index (κ1) is 68.7. The number of hydrogen-bond acceptors (Lipinski definition) is 10. The topological polar surface area (TPSA) is 155 Å². The fraction of sp³-hybridized carbons (Fsp3) is 0.717. The molecule has 0 amide bonds. The van der Waals surface area contributed by atoms with Gasteiger partial charge in [-0.25, -0.2) is 4.57 Å². The number of aliphatic hydroxyl groups excluding tert-OH is 1. The number of phosphoric acid groups is 1. The Labute approximate surface area is 439 Å². The quantitative estimate of drug-likeness (QED) is 0.0197. The Hall–Kier alpha value is -3.34. The Morgan fingerprint density at radius 3 is 1.17 bits per heavy atom. The predicted molar refractivity (Wildman–Crippen MR) is 298 cm³/mol. The second-order valence-corrected chi connectivity index (χ2v) is 20.1. The van der Waals surface area contributed by atoms with Gasteiger partial charge in [-0.2, -0.15) is 0 Å². The number of allylic oxidation sites excluding steroid dienone is 14. The minimum absolute atomic E-state index is 0.102. The van der Waals surface area contributed by atoms with Gasteiger partial charge in [0.15, 0.2) is 6.10 Å². The summed E-state index contributed by atoms with van der Waals surface area (Å²) in [5.74, 6) is -1.59. The fourth-order valence-corrected chi connectivity index (χ4v) is 8.34. The van der Waals surface area contributed by atoms with Gasteiger partial charge in [-0.1, -0.05) is 228 Å². The maximum Gasteiger partial charge on any atom is 0.472 e. The van der Waals surface area contributed by atoms with Crippen molar-refractivity contribution in [1.29, 1.82) is 0 Å². The normalized spacial score (nSPS) is 14.0. The molecule has 0 aliphatic heterocycles. The molecular formula is C60H103O11P. The van der Waals surface area contributed by atoms with Gasteiger partial charge in [0.05, 0.1) is 19.8 Å². The monoisotopic (exact) mass is 1030 g/mol. The molecule has 0 aromatic heterocycles. The van der Waals surface area contributed by atoms with Crippen molar-refractivity contribution in [2.75, 3.05) is 26.4 Å². The molecule has 0 radical (unpaired) electrons. The molecule has 2 N–H and O–H groups in total. The van der Waals surface area contributed by atoms with Gasteiger partial charge in [-0.15, -0.1) is 0 Å². The van der Waals surface area contributed by atoms with Crippen LogP contribution < -0.4 is 0 Å². The summed E-state index contributed by atoms with van der Waals surface area (Å²) in [6.07, 6.45) is 61.5. The second kappa shape index (κ2) is 53.9. The number of unbranched alkanes of at least 4 members (excludes halogenated alkanes) is 21. The SMILES string of the molecule is CC/C=C\C/C=C\C/C=C\C/C=C\CCC(=O)OCC(COP(=O)(O)OCC(CO)OC(=O)CCCCC/C=C\C/C=C\C/C=C\CC)OC(=O)CCCCCCCCCCCCCCCCCCCCC. The highest BCUT2D eigenvalue weighted by Gasteiger charge is 2.28. The van der Waals surface area contributed by atoms with Gasteiger partial charge >= 0.3 is 25.7 Å². The molecular weight excluding hydrogens is 928 g/mol. The van der Waals surface area contributed by atoms with Crippen molar-refractivity contribution in [2.24, 2.45) is 0 Å². The largest absolute Gasteiger partial charge is 0.472 e. The molecule has 3 unspecified atom stereocenters. The van der Waals surface area contributed by atoms with Crippen LogP contribution in [0, 0.1) is 0 Å². The molecule has 0 saturated carbocycles. The van der Waals surface area contributed by atoms with E-state index in [1.54, 1.807) is 0 Å². The first-order valence-electron chi connectivity index (χ1n) is 28.5. The average molecular weight is 1030 g/mol. The molecule has 414 valence electrons. The Morgan fingerprint density at radius 1 is 0.403 bits per heavy atom. The molecule has 0 spiro atoms. The van der Waals surface area contributed by atoms with E-state index in [4.69, 9.17) is 23.3 Å². The van der Waals surface area contributed by atoms with Crippen molar-refractivity contribution in [3.8, 4) is 0 Å². The van der Waals surface area contributed by atoms with Crippen LogP contribution in [0.4, 0.5) is 0 Å². The number of carbonyl (C=O) groups is 3. The standard InChI is InChI=1S/C60H103O11P/c1-4-7-10-13-16-19-22-25-26-27-28-29-30-33-36-39-42-45-48-51-60(64)71-57(53-67-58(62)49-46-43-40-37-34-31-23-20-17-14-11-8-5-2)55-69-72(65,66)68-54-56(52-61)70-59(63)50-47-44-41-38-35-32-24-21-18-15-12-9-6-3/h8-9,11-12,17-18,20-21,31-32,34-35,40,43,56-57,61H,4-7,10,13-16,19,22-30,33,36-39,41-42,44-55H2,1-3H3,(H,65,66)/b11-8-,12-9-,20-17-,21-18-,34-31-,35-32-,43-40-. The lowest BCUT2D eigenvalue weighted by atomic mass is 10.0. The van der Waals surface area contributed by atoms with Gasteiger partial charge in [0, 0.05) is 19.3 Å². The van der Waals surface area contributed by atoms with Crippen molar-refractivity contribution < 1.29 is 52.2 Å². The van der Waals surface area contributed by atoms with Crippen LogP contribution in [-0.4, -0.2) is 66.5 Å². The molecule has 0 bridgehead atoms. The number of ether oxygens (including phenoxy) is 3. The molecule has 0 aromatic rings. The van der Waals surface area contributed by atoms with E-state index in [-0.39, 0.29) is 25.9 Å². The van der Waals surface area contributed by atoms with Crippen LogP contribution in [0.15, 0.2) is 85.1 Å². The Bertz CT molecular complexity index is 1530. The molecule has 0 aliphatic rings. The molecule has 0 heterocycles. The highest BCUT2D eigenvalue weighted by molar-refractivity contribution is 7.47. The molecule has 0 aromatic carbocycles. The summed E-state index contributed by atoms with van der Waals surface area (Å²) in [7, 11) is -4.77. The van der Waals surface area contributed by atoms with E-state index in [1.807, 2.05) is 12.2 Å². The van der Waals surface area contributed by atoms with Crippen LogP contribution in [0.1, 0.15) is 239 Å². The third-order valence-electron chi connectivity index (χ3n) is 11.8. The van der Waals surface area contributed by atoms with Crippen LogP contribution in [0.2, 0.25) is 0 Å². The first-order valence-corrected chi connectivity index (χ1v) is 30.0. The van der Waals surface area contributed by atoms with Gasteiger partial charge in [0.25, 0.3) is 0 Å². The number of phosphoric ester groups is 1. The highest BCUT2D eigenvalue weighted by atomic mass is 31.2. The smallest absolute Gasteiger partial charge is 0.462 e. The van der Waals surface area contributed by atoms with Crippen molar-refractivity contribution in [3.05, 3.63) is 85.1 Å². The fourth-order valence-electron chi connectivity index (χ4n) is 7.56. The summed E-state index contributed by atoms with van der Waals surface area (Å²) in [5, 5.41) is 9.79. The van der Waals surface area contributed by atoms with E-state index < -0.39 is 57.8 Å². The molecule has 0 rings (SSSR count). The molecule has 3 atom stereocenters. The zero-order valence-electron chi connectivity index (χ0n) is 45.6. The summed E-state index contributed by atoms with van der Waals surface area (Å²) in [6.45, 7) is 4.31. The maximum atomic E-state index is 12.9. The minimum atomic E-state index is -4.77. The second-order valence-electron chi connectivity index (χ2n) is 18.7. The Kier molecular flexibility index (Phi) is 51.4. The van der Waals surface area contributed by atoms with E-state index in [9.17, 15) is 28.9 Å². The van der Waals surface area contributed by atoms with Crippen LogP contribution in [0.3, 0.4) is 0 Å². The summed E-state index contributed by atoms with van der Waals surface area (Å²) < 4.78 is 39.4. The molecule has 0 saturated heterocycles. The van der Waals surface area contributed by atoms with Gasteiger partial charge in [-0.3, -0.25) is 23.4 Å². The van der Waals surface area contributed by atoms with E-state index in [0.29, 0.717) is 19.3 Å². The molecule has 0 fully saturated rings. The molecule has 12 heteroatoms. The van der Waals surface area contributed by atoms with Gasteiger partial charge in [0.2, 0.25) is 0 Å². The molecule has 0 aliphatic carbocycles. The van der Waals surface area contributed by atoms with Gasteiger partial charge in [0.1, 0.15) is 12.7 Å². The number of aliphatic hydroxyl groups is 1. The van der Waals surface area contributed by atoms with E-state index >= 15 is 0 Å². The van der Waals surface area contributed by atoms with Gasteiger partial charge in [-0.05, 0) is 77.0 Å². The van der Waals surface area contributed by atoms with Gasteiger partial charge < -0.3 is 24.2 Å².